The van der Waals surface area contributed by atoms with Crippen molar-refractivity contribution in [1.82, 2.24) is 9.13 Å². The Morgan fingerprint density at radius 2 is 0.688 bits per heavy atom. The number of hydrogen-bond donors (Lipinski definition) is 0. The van der Waals surface area contributed by atoms with Gasteiger partial charge in [0, 0.05) is 32.9 Å². The smallest absolute Gasteiger partial charge is 0.0720 e. The maximum Gasteiger partial charge on any atom is 0.0720 e. The molecule has 2 aromatic heterocycles. The van der Waals surface area contributed by atoms with Crippen molar-refractivity contribution in [3.63, 3.8) is 0 Å². The van der Waals surface area contributed by atoms with E-state index in [0.29, 0.717) is 0 Å². The molecule has 2 spiro atoms. The lowest BCUT2D eigenvalue weighted by atomic mass is 9.52. The van der Waals surface area contributed by atoms with Gasteiger partial charge in [0.2, 0.25) is 0 Å². The van der Waals surface area contributed by atoms with E-state index in [1.54, 1.807) is 0 Å². The second-order valence-electron chi connectivity index (χ2n) is 17.9. The largest absolute Gasteiger partial charge is 0.309 e. The average molecular weight is 811 g/mol. The first-order chi connectivity index (χ1) is 31.8. The Morgan fingerprint density at radius 1 is 0.250 bits per heavy atom. The third-order valence-corrected chi connectivity index (χ3v) is 15.2. The van der Waals surface area contributed by atoms with Crippen LogP contribution < -0.4 is 0 Å². The predicted octanol–water partition coefficient (Wildman–Crippen LogP) is 14.9. The van der Waals surface area contributed by atoms with Gasteiger partial charge in [-0.1, -0.05) is 188 Å². The van der Waals surface area contributed by atoms with Crippen molar-refractivity contribution in [3.8, 4) is 33.6 Å². The van der Waals surface area contributed by atoms with Crippen molar-refractivity contribution in [3.05, 3.63) is 275 Å². The lowest BCUT2D eigenvalue weighted by Gasteiger charge is -2.48. The molecule has 12 aromatic rings. The summed E-state index contributed by atoms with van der Waals surface area (Å²) in [6.07, 6.45) is 0. The minimum atomic E-state index is -0.552. The van der Waals surface area contributed by atoms with Crippen LogP contribution in [0.25, 0.3) is 77.2 Å². The minimum absolute atomic E-state index is 0.468. The molecule has 0 atom stereocenters. The molecule has 0 saturated carbocycles. The summed E-state index contributed by atoms with van der Waals surface area (Å²) >= 11 is 0. The Balaban J connectivity index is 1.05. The van der Waals surface area contributed by atoms with Gasteiger partial charge in [-0.15, -0.1) is 0 Å². The third kappa shape index (κ3) is 3.95. The highest BCUT2D eigenvalue weighted by Gasteiger charge is 2.59. The zero-order chi connectivity index (χ0) is 41.7. The number of fused-ring (bicyclic) bond motifs is 23. The predicted molar refractivity (Wildman–Crippen MR) is 263 cm³/mol. The summed E-state index contributed by atoms with van der Waals surface area (Å²) in [7, 11) is 0. The number of rotatable bonds is 2. The van der Waals surface area contributed by atoms with Crippen molar-refractivity contribution in [1.29, 1.82) is 0 Å². The van der Waals surface area contributed by atoms with Crippen molar-refractivity contribution >= 4 is 43.6 Å². The summed E-state index contributed by atoms with van der Waals surface area (Å²) in [5.41, 5.74) is 22.2. The molecule has 0 unspecified atom stereocenters. The Kier molecular flexibility index (Phi) is 6.58. The number of para-hydroxylation sites is 3. The lowest BCUT2D eigenvalue weighted by Crippen LogP contribution is -2.43. The SMILES string of the molecule is c1ccc(-n2c3ccccc3c3ccc(-n4c5ccccc5c5c6c(ccc54)C4(c5ccccc5-6)c5ccccc5C5(c6ccccc6-c6ccccc65)c5ccccc54)cc32)cc1. The van der Waals surface area contributed by atoms with E-state index in [-0.39, 0.29) is 0 Å². The first-order valence-corrected chi connectivity index (χ1v) is 22.4. The van der Waals surface area contributed by atoms with Crippen LogP contribution in [0.5, 0.6) is 0 Å². The van der Waals surface area contributed by atoms with Gasteiger partial charge < -0.3 is 9.13 Å². The van der Waals surface area contributed by atoms with E-state index in [1.165, 1.54) is 110 Å². The molecule has 15 rings (SSSR count). The molecule has 296 valence electrons. The van der Waals surface area contributed by atoms with Crippen LogP contribution in [0.4, 0.5) is 0 Å². The summed E-state index contributed by atoms with van der Waals surface area (Å²) in [5.74, 6) is 0. The molecule has 0 amide bonds. The quantitative estimate of drug-likeness (QED) is 0.165. The minimum Gasteiger partial charge on any atom is -0.309 e. The number of nitrogens with zero attached hydrogens (tertiary/aromatic N) is 2. The highest BCUT2D eigenvalue weighted by Crippen LogP contribution is 2.68. The summed E-state index contributed by atoms with van der Waals surface area (Å²) in [5, 5.41) is 5.07. The number of hydrogen-bond acceptors (Lipinski definition) is 0. The van der Waals surface area contributed by atoms with Crippen LogP contribution in [-0.2, 0) is 10.8 Å². The fraction of sp³-hybridized carbons (Fsp3) is 0.0323. The monoisotopic (exact) mass is 810 g/mol. The van der Waals surface area contributed by atoms with Crippen LogP contribution in [0.2, 0.25) is 0 Å². The van der Waals surface area contributed by atoms with Gasteiger partial charge in [-0.2, -0.15) is 0 Å². The zero-order valence-corrected chi connectivity index (χ0v) is 34.8. The van der Waals surface area contributed by atoms with Gasteiger partial charge in [-0.05, 0) is 109 Å². The van der Waals surface area contributed by atoms with Crippen molar-refractivity contribution in [2.24, 2.45) is 0 Å². The van der Waals surface area contributed by atoms with Crippen molar-refractivity contribution < 1.29 is 0 Å². The molecule has 2 nitrogen and oxygen atoms in total. The molecule has 3 aliphatic carbocycles. The van der Waals surface area contributed by atoms with Crippen LogP contribution in [0, 0.1) is 0 Å². The molecule has 0 aliphatic heterocycles. The molecular weight excluding hydrogens is 773 g/mol. The summed E-state index contributed by atoms with van der Waals surface area (Å²) in [6.45, 7) is 0. The lowest BCUT2D eigenvalue weighted by molar-refractivity contribution is 0.633. The Bertz CT molecular complexity index is 3880. The van der Waals surface area contributed by atoms with E-state index in [2.05, 4.69) is 240 Å². The molecular formula is C62H38N2. The van der Waals surface area contributed by atoms with E-state index >= 15 is 0 Å². The highest BCUT2D eigenvalue weighted by atomic mass is 15.0. The standard InChI is InChI=1S/C62H38N2/c1-2-18-39(19-3-1)63-55-32-16-7-22-43(55)44-35-34-40(38-58(44)63)64-56-33-17-8-24-46(56)60-57(64)37-36-54-59(60)45-23-6-11-27-49(45)62(54)52-30-14-12-28-50(52)61(51-29-13-15-31-53(51)62)47-25-9-4-20-41(47)42-21-5-10-26-48(42)61/h1-38H. The van der Waals surface area contributed by atoms with E-state index in [0.717, 1.165) is 11.4 Å². The van der Waals surface area contributed by atoms with Crippen LogP contribution in [-0.4, -0.2) is 9.13 Å². The molecule has 0 bridgehead atoms. The molecule has 10 aromatic carbocycles. The summed E-state index contributed by atoms with van der Waals surface area (Å²) in [4.78, 5) is 0. The summed E-state index contributed by atoms with van der Waals surface area (Å²) < 4.78 is 4.93. The Hall–Kier alpha value is -8.20. The maximum absolute atomic E-state index is 2.51. The molecule has 64 heavy (non-hydrogen) atoms. The summed E-state index contributed by atoms with van der Waals surface area (Å²) in [6, 6.07) is 86.9. The van der Waals surface area contributed by atoms with Gasteiger partial charge in [-0.3, -0.25) is 0 Å². The second-order valence-corrected chi connectivity index (χ2v) is 17.9. The molecule has 3 aliphatic rings. The first-order valence-electron chi connectivity index (χ1n) is 22.4. The van der Waals surface area contributed by atoms with Crippen LogP contribution in [0.1, 0.15) is 44.5 Å². The van der Waals surface area contributed by atoms with Crippen LogP contribution >= 0.6 is 0 Å². The van der Waals surface area contributed by atoms with Crippen LogP contribution in [0.15, 0.2) is 231 Å². The molecule has 0 saturated heterocycles. The number of aromatic nitrogens is 2. The average Bonchev–Trinajstić information content (AvgIpc) is 4.07. The fourth-order valence-corrected chi connectivity index (χ4v) is 13.0. The van der Waals surface area contributed by atoms with Gasteiger partial charge >= 0.3 is 0 Å². The van der Waals surface area contributed by atoms with Gasteiger partial charge in [0.15, 0.2) is 0 Å². The first kappa shape index (κ1) is 34.4. The highest BCUT2D eigenvalue weighted by molar-refractivity contribution is 6.19. The van der Waals surface area contributed by atoms with Gasteiger partial charge in [0.05, 0.1) is 32.9 Å². The zero-order valence-electron chi connectivity index (χ0n) is 34.8. The molecule has 0 radical (unpaired) electrons. The molecule has 2 heterocycles. The molecule has 0 fully saturated rings. The van der Waals surface area contributed by atoms with Gasteiger partial charge in [-0.25, -0.2) is 0 Å². The molecule has 0 N–H and O–H groups in total. The topological polar surface area (TPSA) is 9.86 Å². The Morgan fingerprint density at radius 3 is 1.31 bits per heavy atom. The van der Waals surface area contributed by atoms with Crippen LogP contribution in [0.3, 0.4) is 0 Å². The van der Waals surface area contributed by atoms with E-state index in [4.69, 9.17) is 0 Å². The number of benzene rings is 10. The third-order valence-electron chi connectivity index (χ3n) is 15.2. The van der Waals surface area contributed by atoms with E-state index in [1.807, 2.05) is 0 Å². The second kappa shape index (κ2) is 12.2. The normalized spacial score (nSPS) is 14.5. The maximum atomic E-state index is 2.51. The molecule has 2 heteroatoms. The Labute approximate surface area is 370 Å². The van der Waals surface area contributed by atoms with E-state index < -0.39 is 10.8 Å². The van der Waals surface area contributed by atoms with Crippen molar-refractivity contribution in [2.45, 2.75) is 10.8 Å². The fourth-order valence-electron chi connectivity index (χ4n) is 13.0. The van der Waals surface area contributed by atoms with Gasteiger partial charge in [0.25, 0.3) is 0 Å². The van der Waals surface area contributed by atoms with Gasteiger partial charge in [0.1, 0.15) is 0 Å². The van der Waals surface area contributed by atoms with Crippen molar-refractivity contribution in [2.75, 3.05) is 0 Å². The van der Waals surface area contributed by atoms with E-state index in [9.17, 15) is 0 Å².